The summed E-state index contributed by atoms with van der Waals surface area (Å²) in [6.07, 6.45) is 0. The van der Waals surface area contributed by atoms with E-state index in [1.165, 1.54) is 0 Å². The molecule has 0 aliphatic rings. The number of aromatic nitrogens is 4. The molecule has 0 N–H and O–H groups in total. The fraction of sp³-hybridized carbons (Fsp3) is 0.0125. The van der Waals surface area contributed by atoms with Gasteiger partial charge < -0.3 is 27.1 Å². The van der Waals surface area contributed by atoms with E-state index in [4.69, 9.17) is 8.83 Å². The molecule has 13 aromatic carbocycles. The van der Waals surface area contributed by atoms with Gasteiger partial charge in [0.2, 0.25) is 0 Å². The largest absolute Gasteiger partial charge is 0.455 e. The van der Waals surface area contributed by atoms with Crippen molar-refractivity contribution in [2.45, 2.75) is 6.92 Å². The summed E-state index contributed by atoms with van der Waals surface area (Å²) >= 11 is 0. The SMILES string of the molecule is Cc1c(-n2c3ccc(-c4ccccc4)cc3c3c4oc5ccccc5c4ccc32)c(-n2c3ccccc3c3ccccc32)c(C#N)c(-n2c3ccccc3c3ccccc32)c1-n1c2ccc(-c3ccccc3)cc2c2c3oc4ccccc4c3ccc21. The summed E-state index contributed by atoms with van der Waals surface area (Å²) in [6.45, 7) is 2.28. The number of furan rings is 2. The molecular formula is C80H47N5O2. The Hall–Kier alpha value is -11.9. The first-order valence-corrected chi connectivity index (χ1v) is 29.6. The molecule has 0 spiro atoms. The zero-order valence-corrected chi connectivity index (χ0v) is 47.0. The molecule has 0 unspecified atom stereocenters. The van der Waals surface area contributed by atoms with Crippen LogP contribution in [0.5, 0.6) is 0 Å². The summed E-state index contributed by atoms with van der Waals surface area (Å²) < 4.78 is 23.8. The predicted octanol–water partition coefficient (Wildman–Crippen LogP) is 21.4. The molecule has 19 aromatic rings. The lowest BCUT2D eigenvalue weighted by Crippen LogP contribution is -2.16. The normalized spacial score (nSPS) is 12.2. The van der Waals surface area contributed by atoms with Crippen LogP contribution in [0.25, 0.3) is 176 Å². The second kappa shape index (κ2) is 17.8. The molecule has 0 bridgehead atoms. The number of para-hydroxylation sites is 6. The summed E-state index contributed by atoms with van der Waals surface area (Å²) in [7, 11) is 0. The van der Waals surface area contributed by atoms with E-state index in [9.17, 15) is 5.26 Å². The number of rotatable bonds is 6. The van der Waals surface area contributed by atoms with Crippen molar-refractivity contribution in [3.63, 3.8) is 0 Å². The van der Waals surface area contributed by atoms with Crippen LogP contribution in [0, 0.1) is 18.3 Å². The van der Waals surface area contributed by atoms with Gasteiger partial charge in [-0.3, -0.25) is 0 Å². The Kier molecular flexibility index (Phi) is 9.76. The van der Waals surface area contributed by atoms with Gasteiger partial charge in [0.15, 0.2) is 0 Å². The van der Waals surface area contributed by atoms with Gasteiger partial charge in [-0.2, -0.15) is 5.26 Å². The maximum absolute atomic E-state index is 13.0. The van der Waals surface area contributed by atoms with E-state index in [1.54, 1.807) is 0 Å². The Morgan fingerprint density at radius 1 is 0.276 bits per heavy atom. The van der Waals surface area contributed by atoms with Crippen LogP contribution in [0.3, 0.4) is 0 Å². The van der Waals surface area contributed by atoms with Gasteiger partial charge in [-0.05, 0) is 114 Å². The Balaban J connectivity index is 1.08. The van der Waals surface area contributed by atoms with Crippen molar-refractivity contribution >= 4 is 131 Å². The van der Waals surface area contributed by atoms with E-state index in [-0.39, 0.29) is 0 Å². The van der Waals surface area contributed by atoms with Gasteiger partial charge in [0.25, 0.3) is 0 Å². The van der Waals surface area contributed by atoms with Crippen LogP contribution in [-0.4, -0.2) is 18.3 Å². The second-order valence-corrected chi connectivity index (χ2v) is 23.0. The summed E-state index contributed by atoms with van der Waals surface area (Å²) in [4.78, 5) is 0. The standard InChI is InChI=1S/C80H47N5O2/c1-47-75(84-67-40-36-50(48-20-4-2-5-21-48)44-60(67)73-69(84)42-38-58-56-28-12-18-34-71(56)86-79(58)73)77(82-63-30-14-8-24-52(63)53-25-9-15-31-64(53)82)62(46-81)78(83-65-32-16-10-26-54(65)55-27-11-17-33-66(55)83)76(47)85-68-41-37-51(49-22-6-3-7-23-49)45-61(68)74-70(85)43-39-59-57-29-13-19-35-72(57)87-80(59)74/h2-45H,1H3. The molecule has 0 aliphatic heterocycles. The van der Waals surface area contributed by atoms with Gasteiger partial charge in [-0.25, -0.2) is 0 Å². The van der Waals surface area contributed by atoms with Crippen LogP contribution in [0.15, 0.2) is 276 Å². The fourth-order valence-electron chi connectivity index (χ4n) is 14.9. The average molecular weight is 1110 g/mol. The van der Waals surface area contributed by atoms with Gasteiger partial charge in [0.1, 0.15) is 34.0 Å². The lowest BCUT2D eigenvalue weighted by molar-refractivity contribution is 0.672. The summed E-state index contributed by atoms with van der Waals surface area (Å²) in [6, 6.07) is 98.2. The highest BCUT2D eigenvalue weighted by Gasteiger charge is 2.34. The number of hydrogen-bond donors (Lipinski definition) is 0. The van der Waals surface area contributed by atoms with Crippen LogP contribution < -0.4 is 0 Å². The van der Waals surface area contributed by atoms with Crippen molar-refractivity contribution in [2.75, 3.05) is 0 Å². The Morgan fingerprint density at radius 2 is 0.598 bits per heavy atom. The Morgan fingerprint density at radius 3 is 0.989 bits per heavy atom. The van der Waals surface area contributed by atoms with E-state index in [2.05, 4.69) is 286 Å². The molecule has 0 saturated carbocycles. The lowest BCUT2D eigenvalue weighted by atomic mass is 9.98. The third-order valence-corrected chi connectivity index (χ3v) is 18.6. The fourth-order valence-corrected chi connectivity index (χ4v) is 14.9. The molecule has 6 heterocycles. The molecule has 0 fully saturated rings. The number of nitrogens with zero attached hydrogens (tertiary/aromatic N) is 5. The van der Waals surface area contributed by atoms with Gasteiger partial charge in [-0.1, -0.05) is 182 Å². The van der Waals surface area contributed by atoms with Crippen molar-refractivity contribution in [1.82, 2.24) is 18.3 Å². The number of nitriles is 1. The zero-order valence-electron chi connectivity index (χ0n) is 47.0. The maximum Gasteiger partial charge on any atom is 0.145 e. The van der Waals surface area contributed by atoms with E-state index in [1.807, 2.05) is 12.1 Å². The summed E-state index contributed by atoms with van der Waals surface area (Å²) in [5.74, 6) is 0. The highest BCUT2D eigenvalue weighted by molar-refractivity contribution is 6.27. The summed E-state index contributed by atoms with van der Waals surface area (Å²) in [5.41, 5.74) is 20.2. The minimum atomic E-state index is 0.505. The molecule has 7 heteroatoms. The number of fused-ring (bicyclic) bond motifs is 20. The molecule has 87 heavy (non-hydrogen) atoms. The lowest BCUT2D eigenvalue weighted by Gasteiger charge is -2.28. The van der Waals surface area contributed by atoms with E-state index < -0.39 is 0 Å². The van der Waals surface area contributed by atoms with Crippen molar-refractivity contribution < 1.29 is 8.83 Å². The van der Waals surface area contributed by atoms with E-state index >= 15 is 0 Å². The third kappa shape index (κ3) is 6.48. The molecule has 0 amide bonds. The molecule has 6 aromatic heterocycles. The Labute approximate surface area is 496 Å². The van der Waals surface area contributed by atoms with Gasteiger partial charge >= 0.3 is 0 Å². The maximum atomic E-state index is 13.0. The summed E-state index contributed by atoms with van der Waals surface area (Å²) in [5, 5.41) is 25.6. The van der Waals surface area contributed by atoms with Crippen LogP contribution in [0.4, 0.5) is 0 Å². The van der Waals surface area contributed by atoms with Crippen molar-refractivity contribution in [3.05, 3.63) is 278 Å². The van der Waals surface area contributed by atoms with Gasteiger partial charge in [0, 0.05) is 59.4 Å². The minimum absolute atomic E-state index is 0.505. The average Bonchev–Trinajstić information content (AvgIpc) is 1.64. The molecule has 7 nitrogen and oxygen atoms in total. The number of hydrogen-bond acceptors (Lipinski definition) is 3. The first-order chi connectivity index (χ1) is 43.1. The first kappa shape index (κ1) is 47.6. The monoisotopic (exact) mass is 1110 g/mol. The molecule has 0 saturated heterocycles. The first-order valence-electron chi connectivity index (χ1n) is 29.6. The molecule has 19 rings (SSSR count). The Bertz CT molecular complexity index is 5740. The predicted molar refractivity (Wildman–Crippen MR) is 359 cm³/mol. The van der Waals surface area contributed by atoms with E-state index in [0.29, 0.717) is 5.56 Å². The van der Waals surface area contributed by atoms with Crippen LogP contribution in [-0.2, 0) is 0 Å². The quantitative estimate of drug-likeness (QED) is 0.167. The van der Waals surface area contributed by atoms with Crippen molar-refractivity contribution in [1.29, 1.82) is 5.26 Å². The van der Waals surface area contributed by atoms with Crippen molar-refractivity contribution in [2.24, 2.45) is 0 Å². The molecular weight excluding hydrogens is 1060 g/mol. The second-order valence-electron chi connectivity index (χ2n) is 23.0. The zero-order chi connectivity index (χ0) is 57.2. The van der Waals surface area contributed by atoms with E-state index in [0.717, 1.165) is 182 Å². The highest BCUT2D eigenvalue weighted by atomic mass is 16.3. The van der Waals surface area contributed by atoms with Gasteiger partial charge in [0.05, 0.1) is 77.7 Å². The van der Waals surface area contributed by atoms with Gasteiger partial charge in [-0.15, -0.1) is 0 Å². The third-order valence-electron chi connectivity index (χ3n) is 18.6. The topological polar surface area (TPSA) is 69.8 Å². The molecule has 0 atom stereocenters. The van der Waals surface area contributed by atoms with Crippen LogP contribution in [0.1, 0.15) is 11.1 Å². The smallest absolute Gasteiger partial charge is 0.145 e. The van der Waals surface area contributed by atoms with Crippen molar-refractivity contribution in [3.8, 4) is 51.1 Å². The van der Waals surface area contributed by atoms with Crippen LogP contribution in [0.2, 0.25) is 0 Å². The minimum Gasteiger partial charge on any atom is -0.455 e. The molecule has 0 radical (unpaired) electrons. The molecule has 404 valence electrons. The highest BCUT2D eigenvalue weighted by Crippen LogP contribution is 2.51. The number of benzene rings is 13. The molecule has 0 aliphatic carbocycles. The van der Waals surface area contributed by atoms with Crippen LogP contribution >= 0.6 is 0 Å².